The van der Waals surface area contributed by atoms with Crippen LogP contribution in [0.4, 0.5) is 4.79 Å². The number of nitrogens with zero attached hydrogens (tertiary/aromatic N) is 5. The molecule has 196 valence electrons. The highest BCUT2D eigenvalue weighted by atomic mass is 16.5. The van der Waals surface area contributed by atoms with E-state index >= 15 is 0 Å². The maximum absolute atomic E-state index is 12.2. The van der Waals surface area contributed by atoms with Gasteiger partial charge in [-0.05, 0) is 31.2 Å². The third-order valence-electron chi connectivity index (χ3n) is 7.38. The van der Waals surface area contributed by atoms with Gasteiger partial charge in [0.2, 0.25) is 5.91 Å². The molecule has 3 aliphatic heterocycles. The summed E-state index contributed by atoms with van der Waals surface area (Å²) >= 11 is 0. The fraction of sp³-hybridized carbons (Fsp3) is 0.640. The zero-order valence-electron chi connectivity index (χ0n) is 20.8. The molecule has 3 heterocycles. The molecule has 0 aromatic heterocycles. The standard InChI is InChI=1S/C25H35N5O6/c1-17(28-7-9-29(10-8-28)18(2)31)24-23-15-27(13-22(36-23)14-30(24)25(33)34)12-20(32)16-35-21-5-3-19(11-26)4-6-21/h3-6,17,20,22-24,32H,7-10,12-16H2,1-2H3,(H,33,34). The Labute approximate surface area is 211 Å². The monoisotopic (exact) mass is 501 g/mol. The second kappa shape index (κ2) is 11.4. The van der Waals surface area contributed by atoms with Gasteiger partial charge in [0.25, 0.3) is 0 Å². The average molecular weight is 502 g/mol. The Hall–Kier alpha value is -2.91. The number of ether oxygens (including phenoxy) is 2. The van der Waals surface area contributed by atoms with Crippen molar-refractivity contribution in [3.8, 4) is 11.8 Å². The maximum atomic E-state index is 12.2. The number of carbonyl (C=O) groups is 2. The van der Waals surface area contributed by atoms with Gasteiger partial charge in [-0.15, -0.1) is 0 Å². The van der Waals surface area contributed by atoms with E-state index in [0.717, 1.165) is 0 Å². The number of piperazine rings is 1. The molecule has 0 saturated carbocycles. The lowest BCUT2D eigenvalue weighted by atomic mass is 9.94. The average Bonchev–Trinajstić information content (AvgIpc) is 2.87. The molecule has 3 aliphatic rings. The van der Waals surface area contributed by atoms with Crippen LogP contribution in [0, 0.1) is 11.3 Å². The lowest BCUT2D eigenvalue weighted by Crippen LogP contribution is -2.70. The van der Waals surface area contributed by atoms with Gasteiger partial charge in [0.1, 0.15) is 18.5 Å². The van der Waals surface area contributed by atoms with Crippen molar-refractivity contribution in [3.63, 3.8) is 0 Å². The van der Waals surface area contributed by atoms with Crippen LogP contribution in [0.25, 0.3) is 0 Å². The van der Waals surface area contributed by atoms with Crippen molar-refractivity contribution >= 4 is 12.0 Å². The van der Waals surface area contributed by atoms with Crippen LogP contribution in [-0.2, 0) is 9.53 Å². The highest BCUT2D eigenvalue weighted by Gasteiger charge is 2.47. The molecule has 3 fully saturated rings. The Morgan fingerprint density at radius 1 is 1.17 bits per heavy atom. The minimum Gasteiger partial charge on any atom is -0.491 e. The molecule has 5 atom stereocenters. The van der Waals surface area contributed by atoms with Crippen molar-refractivity contribution in [2.45, 2.75) is 44.2 Å². The Bertz CT molecular complexity index is 961. The van der Waals surface area contributed by atoms with Gasteiger partial charge < -0.3 is 24.6 Å². The van der Waals surface area contributed by atoms with Crippen LogP contribution in [0.5, 0.6) is 5.75 Å². The highest BCUT2D eigenvalue weighted by Crippen LogP contribution is 2.29. The predicted molar refractivity (Wildman–Crippen MR) is 130 cm³/mol. The van der Waals surface area contributed by atoms with Crippen molar-refractivity contribution in [1.29, 1.82) is 5.26 Å². The number of β-amino-alcohol motifs (C(OH)–C–C–N with tert-alkyl or cyclic N) is 1. The van der Waals surface area contributed by atoms with Crippen LogP contribution >= 0.6 is 0 Å². The van der Waals surface area contributed by atoms with Crippen LogP contribution < -0.4 is 4.74 Å². The van der Waals surface area contributed by atoms with E-state index < -0.39 is 12.2 Å². The summed E-state index contributed by atoms with van der Waals surface area (Å²) in [4.78, 5) is 31.5. The maximum Gasteiger partial charge on any atom is 0.407 e. The zero-order valence-corrected chi connectivity index (χ0v) is 20.8. The molecule has 2 bridgehead atoms. The second-order valence-electron chi connectivity index (χ2n) is 9.82. The van der Waals surface area contributed by atoms with Crippen LogP contribution in [0.2, 0.25) is 0 Å². The van der Waals surface area contributed by atoms with E-state index in [9.17, 15) is 19.8 Å². The molecule has 1 aromatic carbocycles. The van der Waals surface area contributed by atoms with Gasteiger partial charge in [-0.1, -0.05) is 0 Å². The number of carboxylic acid groups (broad SMARTS) is 1. The molecule has 36 heavy (non-hydrogen) atoms. The van der Waals surface area contributed by atoms with Gasteiger partial charge in [-0.3, -0.25) is 19.5 Å². The number of amides is 2. The fourth-order valence-electron chi connectivity index (χ4n) is 5.54. The summed E-state index contributed by atoms with van der Waals surface area (Å²) in [5.74, 6) is 0.644. The van der Waals surface area contributed by atoms with Crippen molar-refractivity contribution in [2.24, 2.45) is 0 Å². The van der Waals surface area contributed by atoms with Gasteiger partial charge in [-0.2, -0.15) is 5.26 Å². The Kier molecular flexibility index (Phi) is 8.31. The SMILES string of the molecule is CC(=O)N1CCN(C(C)C2C3CN(CC(O)COc4ccc(C#N)cc4)CC(CN2C(=O)O)O3)CC1. The second-order valence-corrected chi connectivity index (χ2v) is 9.82. The van der Waals surface area contributed by atoms with Crippen molar-refractivity contribution < 1.29 is 29.3 Å². The number of benzene rings is 1. The van der Waals surface area contributed by atoms with Gasteiger partial charge in [-0.25, -0.2) is 4.79 Å². The predicted octanol–water partition coefficient (Wildman–Crippen LogP) is 0.282. The van der Waals surface area contributed by atoms with Gasteiger partial charge in [0.05, 0.1) is 36.4 Å². The summed E-state index contributed by atoms with van der Waals surface area (Å²) in [5.41, 5.74) is 0.544. The number of fused-ring (bicyclic) bond motifs is 2. The van der Waals surface area contributed by atoms with Crippen molar-refractivity contribution in [3.05, 3.63) is 29.8 Å². The fourth-order valence-corrected chi connectivity index (χ4v) is 5.54. The minimum absolute atomic E-state index is 0.0583. The number of nitriles is 1. The molecule has 0 radical (unpaired) electrons. The number of carbonyl (C=O) groups excluding carboxylic acids is 1. The van der Waals surface area contributed by atoms with Gasteiger partial charge in [0.15, 0.2) is 0 Å². The first-order chi connectivity index (χ1) is 17.2. The third-order valence-corrected chi connectivity index (χ3v) is 7.38. The van der Waals surface area contributed by atoms with E-state index in [1.54, 1.807) is 31.2 Å². The van der Waals surface area contributed by atoms with E-state index in [2.05, 4.69) is 15.9 Å². The first kappa shape index (κ1) is 26.2. The summed E-state index contributed by atoms with van der Waals surface area (Å²) in [6.45, 7) is 8.07. The number of aliphatic hydroxyl groups is 1. The number of rotatable bonds is 7. The number of aliphatic hydroxyl groups excluding tert-OH is 1. The molecule has 0 spiro atoms. The molecule has 0 aliphatic carbocycles. The molecule has 2 N–H and O–H groups in total. The quantitative estimate of drug-likeness (QED) is 0.541. The lowest BCUT2D eigenvalue weighted by molar-refractivity contribution is -0.174. The van der Waals surface area contributed by atoms with E-state index in [1.165, 1.54) is 4.90 Å². The molecular weight excluding hydrogens is 466 g/mol. The number of hydrogen-bond acceptors (Lipinski definition) is 8. The molecular formula is C25H35N5O6. The van der Waals surface area contributed by atoms with Gasteiger partial charge in [0, 0.05) is 58.8 Å². The summed E-state index contributed by atoms with van der Waals surface area (Å²) < 4.78 is 12.0. The first-order valence-electron chi connectivity index (χ1n) is 12.4. The molecule has 4 rings (SSSR count). The molecule has 5 unspecified atom stereocenters. The minimum atomic E-state index is -0.947. The summed E-state index contributed by atoms with van der Waals surface area (Å²) in [6.07, 6.45) is -2.26. The Morgan fingerprint density at radius 3 is 2.47 bits per heavy atom. The van der Waals surface area contributed by atoms with Crippen molar-refractivity contribution in [2.75, 3.05) is 59.0 Å². The number of morpholine rings is 2. The molecule has 2 amide bonds. The van der Waals surface area contributed by atoms with Crippen LogP contribution in [0.15, 0.2) is 24.3 Å². The molecule has 3 saturated heterocycles. The van der Waals surface area contributed by atoms with Crippen molar-refractivity contribution in [1.82, 2.24) is 19.6 Å². The topological polar surface area (TPSA) is 130 Å². The normalized spacial score (nSPS) is 26.7. The molecule has 11 nitrogen and oxygen atoms in total. The third kappa shape index (κ3) is 6.07. The van der Waals surface area contributed by atoms with E-state index in [1.807, 2.05) is 11.8 Å². The van der Waals surface area contributed by atoms with Gasteiger partial charge >= 0.3 is 6.09 Å². The summed E-state index contributed by atoms with van der Waals surface area (Å²) in [5, 5.41) is 29.5. The summed E-state index contributed by atoms with van der Waals surface area (Å²) in [7, 11) is 0. The van der Waals surface area contributed by atoms with E-state index in [-0.39, 0.29) is 43.4 Å². The Morgan fingerprint density at radius 2 is 1.86 bits per heavy atom. The summed E-state index contributed by atoms with van der Waals surface area (Å²) in [6, 6.07) is 8.37. The largest absolute Gasteiger partial charge is 0.491 e. The lowest BCUT2D eigenvalue weighted by Gasteiger charge is -2.53. The zero-order chi connectivity index (χ0) is 25.8. The molecule has 1 aromatic rings. The smallest absolute Gasteiger partial charge is 0.407 e. The van der Waals surface area contributed by atoms with Crippen LogP contribution in [-0.4, -0.2) is 131 Å². The highest BCUT2D eigenvalue weighted by molar-refractivity contribution is 5.73. The molecule has 11 heteroatoms. The number of hydrogen-bond donors (Lipinski definition) is 2. The van der Waals surface area contributed by atoms with Crippen LogP contribution in [0.1, 0.15) is 19.4 Å². The van der Waals surface area contributed by atoms with Crippen LogP contribution in [0.3, 0.4) is 0 Å². The first-order valence-corrected chi connectivity index (χ1v) is 12.4. The Balaban J connectivity index is 1.35. The van der Waals surface area contributed by atoms with E-state index in [0.29, 0.717) is 57.1 Å². The van der Waals surface area contributed by atoms with E-state index in [4.69, 9.17) is 14.7 Å².